The van der Waals surface area contributed by atoms with Crippen molar-refractivity contribution in [2.24, 2.45) is 11.8 Å². The molecule has 0 bridgehead atoms. The van der Waals surface area contributed by atoms with E-state index in [0.717, 1.165) is 12.3 Å². The molecule has 0 radical (unpaired) electrons. The Morgan fingerprint density at radius 2 is 1.80 bits per heavy atom. The number of methoxy groups -OCH3 is 1. The molecular formula is C26H28O14. The van der Waals surface area contributed by atoms with Crippen LogP contribution in [0.5, 0.6) is 11.5 Å². The number of carbonyl (C=O) groups is 3. The van der Waals surface area contributed by atoms with Crippen molar-refractivity contribution in [3.05, 3.63) is 53.3 Å². The standard InChI is InChI=1S/C26H28O14/c1-36-16-8-11(2-6-15(16)28)3-7-18(29)39-22-17(9-27)38-26(21(31)20(22)30)40-25-19-12(4-5-13(19)23(32)33)14(10-37-25)24(34)35/h2-3,5-8,10,12,17,19-22,25-28,30-31H,4,9H2,1H3,(H,32,33)(H,34,35)/b7-3+/t12-,17-,19+,20-,21-,22-,25+,26+/m1/s1. The SMILES string of the molecule is COc1cc(/C=C/C(=O)O[C@H]2[C@H](O)[C@@H](O)[C@H](O[C@@H]3OC=C(C(=O)O)[C@H]4CC=C(C(=O)O)[C@@H]34)O[C@@H]2CO)ccc1O. The maximum absolute atomic E-state index is 12.4. The summed E-state index contributed by atoms with van der Waals surface area (Å²) in [6, 6.07) is 4.32. The van der Waals surface area contributed by atoms with E-state index in [1.54, 1.807) is 0 Å². The molecule has 2 aliphatic heterocycles. The van der Waals surface area contributed by atoms with Crippen LogP contribution in [0.1, 0.15) is 12.0 Å². The van der Waals surface area contributed by atoms with Gasteiger partial charge in [-0.05, 0) is 30.2 Å². The number of esters is 1. The largest absolute Gasteiger partial charge is 0.504 e. The Hall–Kier alpha value is -3.95. The van der Waals surface area contributed by atoms with E-state index in [-0.39, 0.29) is 29.1 Å². The molecule has 14 nitrogen and oxygen atoms in total. The number of fused-ring (bicyclic) bond motifs is 1. The highest BCUT2D eigenvalue weighted by atomic mass is 16.8. The lowest BCUT2D eigenvalue weighted by molar-refractivity contribution is -0.340. The van der Waals surface area contributed by atoms with Gasteiger partial charge in [0.15, 0.2) is 23.9 Å². The van der Waals surface area contributed by atoms with Crippen LogP contribution in [0.4, 0.5) is 0 Å². The molecule has 1 aliphatic carbocycles. The van der Waals surface area contributed by atoms with Crippen molar-refractivity contribution in [1.29, 1.82) is 0 Å². The zero-order chi connectivity index (χ0) is 29.1. The minimum atomic E-state index is -1.84. The second-order valence-corrected chi connectivity index (χ2v) is 9.22. The number of benzene rings is 1. The Kier molecular flexibility index (Phi) is 8.76. The molecule has 8 atom stereocenters. The van der Waals surface area contributed by atoms with Gasteiger partial charge in [0.1, 0.15) is 18.3 Å². The Morgan fingerprint density at radius 3 is 2.45 bits per heavy atom. The number of ether oxygens (including phenoxy) is 5. The number of rotatable bonds is 9. The third-order valence-corrected chi connectivity index (χ3v) is 6.86. The Bertz CT molecular complexity index is 1230. The van der Waals surface area contributed by atoms with Crippen LogP contribution in [0.15, 0.2) is 47.8 Å². The maximum Gasteiger partial charge on any atom is 0.335 e. The molecule has 4 rings (SSSR count). The lowest BCUT2D eigenvalue weighted by Crippen LogP contribution is -2.61. The first kappa shape index (κ1) is 29.0. The number of aliphatic hydroxyl groups is 3. The van der Waals surface area contributed by atoms with Crippen LogP contribution in [0.3, 0.4) is 0 Å². The van der Waals surface area contributed by atoms with Gasteiger partial charge in [0.05, 0.1) is 31.5 Å². The first-order valence-corrected chi connectivity index (χ1v) is 12.1. The van der Waals surface area contributed by atoms with Crippen molar-refractivity contribution < 1.29 is 68.7 Å². The predicted molar refractivity (Wildman–Crippen MR) is 130 cm³/mol. The van der Waals surface area contributed by atoms with Gasteiger partial charge in [-0.1, -0.05) is 12.1 Å². The Balaban J connectivity index is 1.45. The van der Waals surface area contributed by atoms with Gasteiger partial charge in [0.2, 0.25) is 6.29 Å². The topological polar surface area (TPSA) is 219 Å². The summed E-state index contributed by atoms with van der Waals surface area (Å²) < 4.78 is 26.8. The highest BCUT2D eigenvalue weighted by Gasteiger charge is 2.52. The van der Waals surface area contributed by atoms with Crippen LogP contribution in [0.25, 0.3) is 6.08 Å². The van der Waals surface area contributed by atoms with Gasteiger partial charge >= 0.3 is 17.9 Å². The lowest BCUT2D eigenvalue weighted by atomic mass is 9.83. The molecule has 0 saturated carbocycles. The first-order valence-electron chi connectivity index (χ1n) is 12.1. The minimum Gasteiger partial charge on any atom is -0.504 e. The third-order valence-electron chi connectivity index (χ3n) is 6.86. The number of hydrogen-bond acceptors (Lipinski definition) is 12. The molecule has 1 fully saturated rings. The molecule has 0 unspecified atom stereocenters. The van der Waals surface area contributed by atoms with E-state index in [1.807, 2.05) is 0 Å². The summed E-state index contributed by atoms with van der Waals surface area (Å²) in [5.74, 6) is -5.31. The molecule has 1 aromatic rings. The summed E-state index contributed by atoms with van der Waals surface area (Å²) in [6.07, 6.45) is -4.83. The van der Waals surface area contributed by atoms with Gasteiger partial charge in [-0.25, -0.2) is 14.4 Å². The van der Waals surface area contributed by atoms with Crippen molar-refractivity contribution in [3.8, 4) is 11.5 Å². The monoisotopic (exact) mass is 564 g/mol. The number of phenols is 1. The zero-order valence-electron chi connectivity index (χ0n) is 21.0. The molecule has 1 saturated heterocycles. The second-order valence-electron chi connectivity index (χ2n) is 9.22. The average molecular weight is 564 g/mol. The van der Waals surface area contributed by atoms with E-state index in [1.165, 1.54) is 37.5 Å². The highest BCUT2D eigenvalue weighted by molar-refractivity contribution is 5.91. The molecule has 0 spiro atoms. The van der Waals surface area contributed by atoms with Crippen molar-refractivity contribution >= 4 is 24.0 Å². The number of carboxylic acids is 2. The number of carboxylic acid groups (broad SMARTS) is 2. The smallest absolute Gasteiger partial charge is 0.335 e. The van der Waals surface area contributed by atoms with Crippen molar-refractivity contribution in [3.63, 3.8) is 0 Å². The summed E-state index contributed by atoms with van der Waals surface area (Å²) in [5, 5.41) is 59.9. The molecule has 14 heteroatoms. The molecular weight excluding hydrogens is 536 g/mol. The number of aliphatic carboxylic acids is 2. The molecule has 3 aliphatic rings. The normalized spacial score (nSPS) is 31.5. The van der Waals surface area contributed by atoms with E-state index in [9.17, 15) is 45.0 Å². The highest BCUT2D eigenvalue weighted by Crippen LogP contribution is 2.44. The Morgan fingerprint density at radius 1 is 1.07 bits per heavy atom. The third kappa shape index (κ3) is 5.80. The van der Waals surface area contributed by atoms with Gasteiger partial charge in [-0.15, -0.1) is 0 Å². The van der Waals surface area contributed by atoms with Crippen molar-refractivity contribution in [1.82, 2.24) is 0 Å². The molecule has 0 aromatic heterocycles. The van der Waals surface area contributed by atoms with Crippen LogP contribution in [-0.4, -0.2) is 99.3 Å². The van der Waals surface area contributed by atoms with Crippen LogP contribution < -0.4 is 4.74 Å². The number of aliphatic hydroxyl groups excluding tert-OH is 3. The summed E-state index contributed by atoms with van der Waals surface area (Å²) in [7, 11) is 1.36. The van der Waals surface area contributed by atoms with E-state index in [4.69, 9.17) is 23.7 Å². The fraction of sp³-hybridized carbons (Fsp3) is 0.423. The molecule has 40 heavy (non-hydrogen) atoms. The van der Waals surface area contributed by atoms with Crippen LogP contribution in [0, 0.1) is 11.8 Å². The van der Waals surface area contributed by atoms with Crippen molar-refractivity contribution in [2.45, 2.75) is 43.4 Å². The van der Waals surface area contributed by atoms with Gasteiger partial charge in [-0.2, -0.15) is 0 Å². The molecule has 1 aromatic carbocycles. The van der Waals surface area contributed by atoms with Crippen LogP contribution in [-0.2, 0) is 33.3 Å². The second kappa shape index (κ2) is 12.1. The van der Waals surface area contributed by atoms with Gasteiger partial charge < -0.3 is 54.3 Å². The van der Waals surface area contributed by atoms with Crippen molar-refractivity contribution in [2.75, 3.05) is 13.7 Å². The van der Waals surface area contributed by atoms with Gasteiger partial charge in [0.25, 0.3) is 0 Å². The number of carbonyl (C=O) groups excluding carboxylic acids is 1. The predicted octanol–water partition coefficient (Wildman–Crippen LogP) is -0.247. The lowest BCUT2D eigenvalue weighted by Gasteiger charge is -2.43. The summed E-state index contributed by atoms with van der Waals surface area (Å²) in [4.78, 5) is 35.8. The first-order chi connectivity index (χ1) is 19.0. The zero-order valence-corrected chi connectivity index (χ0v) is 21.0. The summed E-state index contributed by atoms with van der Waals surface area (Å²) >= 11 is 0. The van der Waals surface area contributed by atoms with E-state index in [0.29, 0.717) is 5.56 Å². The summed E-state index contributed by atoms with van der Waals surface area (Å²) in [6.45, 7) is -0.763. The van der Waals surface area contributed by atoms with Gasteiger partial charge in [0, 0.05) is 17.6 Å². The quantitative estimate of drug-likeness (QED) is 0.168. The van der Waals surface area contributed by atoms with E-state index >= 15 is 0 Å². The number of aromatic hydroxyl groups is 1. The number of allylic oxidation sites excluding steroid dienone is 1. The fourth-order valence-electron chi connectivity index (χ4n) is 4.86. The number of hydrogen-bond donors (Lipinski definition) is 6. The average Bonchev–Trinajstić information content (AvgIpc) is 3.38. The fourth-order valence-corrected chi connectivity index (χ4v) is 4.86. The van der Waals surface area contributed by atoms with E-state index < -0.39 is 73.3 Å². The van der Waals surface area contributed by atoms with Gasteiger partial charge in [-0.3, -0.25) is 0 Å². The van der Waals surface area contributed by atoms with Crippen LogP contribution in [0.2, 0.25) is 0 Å². The summed E-state index contributed by atoms with van der Waals surface area (Å²) in [5.41, 5.74) is 0.185. The maximum atomic E-state index is 12.4. The minimum absolute atomic E-state index is 0.100. The van der Waals surface area contributed by atoms with Crippen LogP contribution >= 0.6 is 0 Å². The molecule has 216 valence electrons. The number of phenolic OH excluding ortho intramolecular Hbond substituents is 1. The molecule has 6 N–H and O–H groups in total. The molecule has 0 amide bonds. The molecule has 2 heterocycles. The van der Waals surface area contributed by atoms with E-state index in [2.05, 4.69) is 0 Å². The Labute approximate surface area is 226 Å².